The Morgan fingerprint density at radius 2 is 0.857 bits per heavy atom. The predicted octanol–water partition coefficient (Wildman–Crippen LogP) is 12.2. The number of carboxylic acid groups (broad SMARTS) is 1. The Balaban J connectivity index is -0.000000447. The Labute approximate surface area is 798 Å². The molecule has 2 aliphatic rings. The SMILES string of the molecule is CC(=O)c1ccc([N+](=O)[O-])c(F)c1.CC(O)c1ccc([N+](=O)[O-])c(F)c1.CC(OP(=O)(N1CC1)N1CC1)c1ccc([N+](=O)[O-])c(F)c1.CC(OP(=O)(NCCBr)NCCBr)c1ccc([N+](=O)[O-])c(F)c1.CN(C)C(=O)c1cccc(O)c1.COC(=O)CC(=O)OC.O=C(Cl)c1ccc([N+](=O)[O-])c(F)c1.O=C(O)c1ccc([N+](=O)[O-])c(F)c1.O=S(Cl)Cl.[Ag].[B].[H-].[Na+].[O]=[Ag]. The second-order valence-electron chi connectivity index (χ2n) is 23.4. The van der Waals surface area contributed by atoms with Crippen LogP contribution in [0.2, 0.25) is 0 Å². The van der Waals surface area contributed by atoms with Crippen molar-refractivity contribution in [1.29, 1.82) is 0 Å². The Bertz CT molecular complexity index is 4830. The summed E-state index contributed by atoms with van der Waals surface area (Å²) in [7, 11) is 6.80. The molecule has 2 heterocycles. The number of phenolic OH excluding ortho intramolecular Hbond substituents is 1. The van der Waals surface area contributed by atoms with Crippen molar-refractivity contribution in [1.82, 2.24) is 24.4 Å². The summed E-state index contributed by atoms with van der Waals surface area (Å²) in [4.78, 5) is 122. The van der Waals surface area contributed by atoms with E-state index in [1.807, 2.05) is 0 Å². The third-order valence-corrected chi connectivity index (χ3v) is 20.2. The summed E-state index contributed by atoms with van der Waals surface area (Å²) >= 11 is 13.2. The number of carbonyl (C=O) groups excluding carboxylic acids is 5. The number of ether oxygens (including phenoxy) is 2. The molecule has 58 heteroatoms. The summed E-state index contributed by atoms with van der Waals surface area (Å²) in [5.41, 5.74) is -2.48. The first-order valence-corrected chi connectivity index (χ1v) is 42.5. The number of hydrogen-bond acceptors (Lipinski definition) is 28. The van der Waals surface area contributed by atoms with Crippen molar-refractivity contribution in [3.8, 4) is 5.75 Å². The van der Waals surface area contributed by atoms with Gasteiger partial charge in [0, 0.05) is 169 Å². The summed E-state index contributed by atoms with van der Waals surface area (Å²) in [5, 5.41) is 94.3. The normalized spacial score (nSPS) is 11.9. The molecular weight excluding hydrogens is 2160 g/mol. The molecule has 4 radical (unpaired) electrons. The number of aliphatic hydroxyl groups is 1. The first-order chi connectivity index (χ1) is 57.4. The molecule has 3 atom stereocenters. The number of nitro groups is 6. The fraction of sp³-hybridized carbons (Fsp3) is 0.294. The standard InChI is InChI=1S/C12H17Br2FN3O4P.C12H15FN3O4P.C9H11NO2.C8H8FNO3.C8H6FNO3.C7H3ClFNO3.C7H4FNO4.C5H8O4.2Ag.B.Cl2OS.Na.O.H/c1-9(10-2-3-12(18(19)20)11(15)8-10)22-23(21,16-6-4-13)17-7-5-14;1-9(10-2-3-12(16(17)18)11(13)8-10)20-21(19,14-4-5-14)15-6-7-15;1-10(2)9(12)7-4-3-5-8(11)6-7;2*1-5(11)6-2-3-8(10(12)13)7(9)4-6;8-7(11)4-1-2-6(10(12)13)5(9)3-4;8-5-3-4(7(10)11)1-2-6(5)9(12)13;1-8-4(6)3-5(7)9-2;;;;1-4(2)3;;;/h2-3,8-9H,4-7H2,1H3,(H2,16,17,21);2-3,8-9H,4-7H2,1H3;3-6,11H,1-2H3;2-5,11H,1H3;2-4H,1H3;1-3H;1-3H,(H,10,11);3H2,1-2H3;;;;;;;/q;;;;;;;;;;;;+1;;-1. The van der Waals surface area contributed by atoms with Crippen LogP contribution in [0.1, 0.15) is 112 Å². The van der Waals surface area contributed by atoms with Gasteiger partial charge in [0.25, 0.3) is 11.1 Å². The minimum absolute atomic E-state index is 0. The summed E-state index contributed by atoms with van der Waals surface area (Å²) in [6.45, 7) is 9.73. The Hall–Kier alpha value is -7.95. The molecule has 2 fully saturated rings. The van der Waals surface area contributed by atoms with Crippen LogP contribution in [0.15, 0.2) is 133 Å². The number of carboxylic acids is 1. The number of phenols is 1. The molecule has 693 valence electrons. The van der Waals surface area contributed by atoms with Gasteiger partial charge in [-0.25, -0.2) is 28.5 Å². The zero-order chi connectivity index (χ0) is 94.7. The number of esters is 2. The van der Waals surface area contributed by atoms with Crippen LogP contribution in [0.4, 0.5) is 60.5 Å². The number of rotatable bonds is 27. The number of aromatic hydroxyl groups is 1. The molecule has 0 spiro atoms. The number of nitro benzene ring substituents is 6. The number of methoxy groups -OCH3 is 2. The molecule has 5 N–H and O–H groups in total. The van der Waals surface area contributed by atoms with Gasteiger partial charge in [0.15, 0.2) is 5.78 Å². The number of alkyl halides is 2. The molecule has 0 aliphatic carbocycles. The Morgan fingerprint density at radius 3 is 1.13 bits per heavy atom. The van der Waals surface area contributed by atoms with Crippen molar-refractivity contribution >= 4 is 167 Å². The number of amides is 1. The van der Waals surface area contributed by atoms with Crippen molar-refractivity contribution in [2.75, 3.05) is 78.2 Å². The predicted molar refractivity (Wildman–Crippen MR) is 439 cm³/mol. The first-order valence-electron chi connectivity index (χ1n) is 33.3. The molecule has 0 aromatic heterocycles. The van der Waals surface area contributed by atoms with Crippen LogP contribution >= 0.6 is 80.2 Å². The molecule has 0 saturated carbocycles. The molecule has 7 aromatic rings. The molecule has 3 unspecified atom stereocenters. The summed E-state index contributed by atoms with van der Waals surface area (Å²) in [5.74, 6) is -8.82. The third-order valence-electron chi connectivity index (χ3n) is 14.5. The van der Waals surface area contributed by atoms with E-state index in [9.17, 15) is 125 Å². The molecular formula is C68H73Ag2BBr2Cl3F6N11NaO29P2S. The minimum atomic E-state index is -3.34. The Morgan fingerprint density at radius 1 is 0.556 bits per heavy atom. The molecule has 2 aliphatic heterocycles. The van der Waals surface area contributed by atoms with Crippen LogP contribution in [0.5, 0.6) is 5.75 Å². The average molecular weight is 2230 g/mol. The van der Waals surface area contributed by atoms with E-state index in [2.05, 4.69) is 72.9 Å². The number of hydrogen-bond donors (Lipinski definition) is 5. The fourth-order valence-electron chi connectivity index (χ4n) is 8.34. The number of halogens is 11. The van der Waals surface area contributed by atoms with E-state index in [-0.39, 0.29) is 102 Å². The van der Waals surface area contributed by atoms with Crippen LogP contribution in [-0.4, -0.2) is 185 Å². The van der Waals surface area contributed by atoms with Gasteiger partial charge in [0.05, 0.1) is 67.6 Å². The van der Waals surface area contributed by atoms with Crippen LogP contribution < -0.4 is 39.7 Å². The molecule has 7 aromatic carbocycles. The summed E-state index contributed by atoms with van der Waals surface area (Å²) in [6.07, 6.45) is -2.46. The molecule has 1 amide bonds. The molecule has 0 bridgehead atoms. The summed E-state index contributed by atoms with van der Waals surface area (Å²) in [6, 6.07) is 24.9. The van der Waals surface area contributed by atoms with E-state index in [0.717, 1.165) is 105 Å². The van der Waals surface area contributed by atoms with Gasteiger partial charge in [0.2, 0.25) is 44.1 Å². The number of aliphatic hydroxyl groups excluding tert-OH is 1. The van der Waals surface area contributed by atoms with Crippen molar-refractivity contribution < 1.29 is 209 Å². The zero-order valence-electron chi connectivity index (χ0n) is 67.4. The van der Waals surface area contributed by atoms with Crippen molar-refractivity contribution in [2.45, 2.75) is 52.4 Å². The number of ketones is 1. The van der Waals surface area contributed by atoms with Gasteiger partial charge in [-0.2, -0.15) is 26.3 Å². The van der Waals surface area contributed by atoms with Gasteiger partial charge in [-0.05, 0) is 147 Å². The summed E-state index contributed by atoms with van der Waals surface area (Å²) < 4.78 is 144. The van der Waals surface area contributed by atoms with Gasteiger partial charge < -0.3 is 31.1 Å². The fourth-order valence-corrected chi connectivity index (χ4v) is 13.5. The van der Waals surface area contributed by atoms with Crippen molar-refractivity contribution in [3.05, 3.63) is 268 Å². The van der Waals surface area contributed by atoms with Crippen LogP contribution in [-0.2, 0) is 93.1 Å². The molecule has 126 heavy (non-hydrogen) atoms. The number of Topliss-reactive ketones (excluding diaryl/α,β-unsaturated/α-hetero) is 1. The molecule has 2 saturated heterocycles. The van der Waals surface area contributed by atoms with Gasteiger partial charge in [-0.15, -0.1) is 0 Å². The van der Waals surface area contributed by atoms with E-state index in [1.54, 1.807) is 70.5 Å². The molecule has 9 rings (SSSR count). The first kappa shape index (κ1) is 124. The number of benzene rings is 7. The monoisotopic (exact) mass is 2230 g/mol. The second kappa shape index (κ2) is 63.1. The van der Waals surface area contributed by atoms with Crippen LogP contribution in [0.3, 0.4) is 0 Å². The maximum atomic E-state index is 13.7. The third kappa shape index (κ3) is 46.3. The van der Waals surface area contributed by atoms with Crippen LogP contribution in [0.25, 0.3) is 0 Å². The van der Waals surface area contributed by atoms with E-state index < -0.39 is 165 Å². The van der Waals surface area contributed by atoms with Gasteiger partial charge in [-0.3, -0.25) is 103 Å². The zero-order valence-corrected chi connectivity index (χ0v) is 79.4. The number of carbonyl (C=O) groups is 6. The van der Waals surface area contributed by atoms with E-state index in [4.69, 9.17) is 43.4 Å². The number of nitrogens with zero attached hydrogens (tertiary/aromatic N) is 9. The van der Waals surface area contributed by atoms with E-state index in [1.165, 1.54) is 69.4 Å². The second-order valence-corrected chi connectivity index (χ2v) is 32.1. The van der Waals surface area contributed by atoms with Crippen LogP contribution in [0, 0.1) is 95.6 Å². The quantitative estimate of drug-likeness (QED) is 0.00273. The van der Waals surface area contributed by atoms with Gasteiger partial charge in [-0.1, -0.05) is 37.9 Å². The topological polar surface area (TPSA) is 560 Å². The number of nitrogens with one attached hydrogen (secondary N) is 2. The van der Waals surface area contributed by atoms with E-state index >= 15 is 0 Å². The van der Waals surface area contributed by atoms with E-state index in [0.29, 0.717) is 52.1 Å². The molecule has 40 nitrogen and oxygen atoms in total. The average Bonchev–Trinajstić information content (AvgIpc) is 1.61. The van der Waals surface area contributed by atoms with Gasteiger partial charge in [0.1, 0.15) is 12.2 Å². The van der Waals surface area contributed by atoms with Gasteiger partial charge >= 0.3 is 121 Å². The van der Waals surface area contributed by atoms with Crippen molar-refractivity contribution in [3.63, 3.8) is 0 Å². The number of aromatic carboxylic acids is 1. The van der Waals surface area contributed by atoms with Crippen molar-refractivity contribution in [2.24, 2.45) is 0 Å². The maximum absolute atomic E-state index is 13.7. The Kier molecular flexibility index (Phi) is 62.3.